The summed E-state index contributed by atoms with van der Waals surface area (Å²) in [6.07, 6.45) is 4.59. The van der Waals surface area contributed by atoms with Crippen LogP contribution in [0, 0.1) is 6.92 Å². The molecule has 0 unspecified atom stereocenters. The molecule has 0 radical (unpaired) electrons. The average molecular weight is 354 g/mol. The number of aryl methyl sites for hydroxylation is 1. The van der Waals surface area contributed by atoms with E-state index in [1.54, 1.807) is 10.8 Å². The summed E-state index contributed by atoms with van der Waals surface area (Å²) in [7, 11) is 0. The fourth-order valence-electron chi connectivity index (χ4n) is 3.13. The normalized spacial score (nSPS) is 11.3. The minimum atomic E-state index is -0.984. The van der Waals surface area contributed by atoms with E-state index in [4.69, 9.17) is 10.2 Å². The van der Waals surface area contributed by atoms with Crippen LogP contribution in [0.5, 0.6) is 0 Å². The molecule has 0 spiro atoms. The zero-order valence-electron chi connectivity index (χ0n) is 14.8. The summed E-state index contributed by atoms with van der Waals surface area (Å²) >= 11 is 0. The molecular formula is C23H18N2O2. The molecule has 0 aliphatic heterocycles. The van der Waals surface area contributed by atoms with E-state index in [9.17, 15) is 4.79 Å². The standard InChI is InChI=1S/C23H18N2O2/c1-16-5-4-8-21(13-16)25-15-20(11-12-22(26)27)23(24-25)19-10-9-17-6-2-3-7-18(17)14-19/h2-15H,1H3,(H,26,27). The zero-order valence-corrected chi connectivity index (χ0v) is 14.8. The molecule has 4 aromatic rings. The number of carboxylic acid groups (broad SMARTS) is 1. The molecule has 27 heavy (non-hydrogen) atoms. The first-order valence-corrected chi connectivity index (χ1v) is 8.67. The minimum Gasteiger partial charge on any atom is -0.478 e. The highest BCUT2D eigenvalue weighted by Gasteiger charge is 2.11. The second-order valence-electron chi connectivity index (χ2n) is 6.45. The Labute approximate surface area is 157 Å². The smallest absolute Gasteiger partial charge is 0.328 e. The Morgan fingerprint density at radius 1 is 1.00 bits per heavy atom. The number of hydrogen-bond donors (Lipinski definition) is 1. The van der Waals surface area contributed by atoms with Gasteiger partial charge in [-0.15, -0.1) is 0 Å². The van der Waals surface area contributed by atoms with Crippen molar-refractivity contribution in [3.63, 3.8) is 0 Å². The van der Waals surface area contributed by atoms with Gasteiger partial charge in [0, 0.05) is 23.4 Å². The Morgan fingerprint density at radius 3 is 2.59 bits per heavy atom. The van der Waals surface area contributed by atoms with E-state index >= 15 is 0 Å². The van der Waals surface area contributed by atoms with E-state index in [0.29, 0.717) is 0 Å². The van der Waals surface area contributed by atoms with Crippen LogP contribution in [0.25, 0.3) is 33.8 Å². The van der Waals surface area contributed by atoms with E-state index in [1.807, 2.05) is 55.6 Å². The fourth-order valence-corrected chi connectivity index (χ4v) is 3.13. The molecular weight excluding hydrogens is 336 g/mol. The number of carboxylic acids is 1. The number of aromatic nitrogens is 2. The Bertz CT molecular complexity index is 1170. The summed E-state index contributed by atoms with van der Waals surface area (Å²) in [5.41, 5.74) is 4.53. The Morgan fingerprint density at radius 2 is 1.81 bits per heavy atom. The summed E-state index contributed by atoms with van der Waals surface area (Å²) < 4.78 is 1.79. The second kappa shape index (κ2) is 6.92. The maximum atomic E-state index is 11.0. The van der Waals surface area contributed by atoms with Crippen molar-refractivity contribution in [3.05, 3.63) is 90.1 Å². The lowest BCUT2D eigenvalue weighted by Gasteiger charge is -2.03. The van der Waals surface area contributed by atoms with Gasteiger partial charge in [-0.3, -0.25) is 0 Å². The molecule has 4 rings (SSSR count). The van der Waals surface area contributed by atoms with Crippen LogP contribution in [-0.4, -0.2) is 20.9 Å². The van der Waals surface area contributed by atoms with Gasteiger partial charge in [0.1, 0.15) is 0 Å². The fraction of sp³-hybridized carbons (Fsp3) is 0.0435. The predicted octanol–water partition coefficient (Wildman–Crippen LogP) is 5.10. The monoisotopic (exact) mass is 354 g/mol. The van der Waals surface area contributed by atoms with Gasteiger partial charge in [-0.1, -0.05) is 48.5 Å². The lowest BCUT2D eigenvalue weighted by atomic mass is 10.0. The van der Waals surface area contributed by atoms with Crippen LogP contribution in [0.4, 0.5) is 0 Å². The van der Waals surface area contributed by atoms with Gasteiger partial charge in [-0.2, -0.15) is 5.10 Å². The van der Waals surface area contributed by atoms with E-state index < -0.39 is 5.97 Å². The highest BCUT2D eigenvalue weighted by molar-refractivity contribution is 5.90. The highest BCUT2D eigenvalue weighted by Crippen LogP contribution is 2.28. The van der Waals surface area contributed by atoms with Crippen molar-refractivity contribution < 1.29 is 9.90 Å². The van der Waals surface area contributed by atoms with Crippen molar-refractivity contribution in [2.75, 3.05) is 0 Å². The Hall–Kier alpha value is -3.66. The van der Waals surface area contributed by atoms with E-state index in [-0.39, 0.29) is 0 Å². The molecule has 0 fully saturated rings. The van der Waals surface area contributed by atoms with Crippen LogP contribution in [0.2, 0.25) is 0 Å². The van der Waals surface area contributed by atoms with Gasteiger partial charge in [-0.05, 0) is 47.5 Å². The van der Waals surface area contributed by atoms with Gasteiger partial charge in [-0.25, -0.2) is 9.48 Å². The van der Waals surface area contributed by atoms with Crippen molar-refractivity contribution in [2.24, 2.45) is 0 Å². The highest BCUT2D eigenvalue weighted by atomic mass is 16.4. The SMILES string of the molecule is Cc1cccc(-n2cc(C=CC(=O)O)c(-c3ccc4ccccc4c3)n2)c1. The number of carbonyl (C=O) groups is 1. The maximum absolute atomic E-state index is 11.0. The van der Waals surface area contributed by atoms with Crippen LogP contribution in [0.3, 0.4) is 0 Å². The molecule has 1 N–H and O–H groups in total. The number of benzene rings is 3. The molecule has 0 saturated carbocycles. The lowest BCUT2D eigenvalue weighted by Crippen LogP contribution is -1.95. The molecule has 0 atom stereocenters. The van der Waals surface area contributed by atoms with Crippen LogP contribution in [0.15, 0.2) is 79.0 Å². The molecule has 0 aliphatic carbocycles. The molecule has 0 bridgehead atoms. The Kier molecular flexibility index (Phi) is 4.30. The zero-order chi connectivity index (χ0) is 18.8. The summed E-state index contributed by atoms with van der Waals surface area (Å²) in [6.45, 7) is 2.03. The van der Waals surface area contributed by atoms with Crippen molar-refractivity contribution >= 4 is 22.8 Å². The summed E-state index contributed by atoms with van der Waals surface area (Å²) in [6, 6.07) is 22.3. The number of rotatable bonds is 4. The molecule has 132 valence electrons. The molecule has 3 aromatic carbocycles. The number of aliphatic carboxylic acids is 1. The Balaban J connectivity index is 1.87. The van der Waals surface area contributed by atoms with E-state index in [1.165, 1.54) is 0 Å². The topological polar surface area (TPSA) is 55.1 Å². The average Bonchev–Trinajstić information content (AvgIpc) is 3.10. The summed E-state index contributed by atoms with van der Waals surface area (Å²) in [5.74, 6) is -0.984. The van der Waals surface area contributed by atoms with Crippen LogP contribution >= 0.6 is 0 Å². The molecule has 0 saturated heterocycles. The second-order valence-corrected chi connectivity index (χ2v) is 6.45. The van der Waals surface area contributed by atoms with Gasteiger partial charge >= 0.3 is 5.97 Å². The number of nitrogens with zero attached hydrogens (tertiary/aromatic N) is 2. The van der Waals surface area contributed by atoms with Crippen LogP contribution in [-0.2, 0) is 4.79 Å². The van der Waals surface area contributed by atoms with Crippen molar-refractivity contribution in [3.8, 4) is 16.9 Å². The quantitative estimate of drug-likeness (QED) is 0.519. The van der Waals surface area contributed by atoms with Crippen LogP contribution < -0.4 is 0 Å². The third kappa shape index (κ3) is 3.51. The van der Waals surface area contributed by atoms with Gasteiger partial charge in [0.05, 0.1) is 11.4 Å². The first-order valence-electron chi connectivity index (χ1n) is 8.67. The molecule has 4 nitrogen and oxygen atoms in total. The molecule has 0 aliphatic rings. The van der Waals surface area contributed by atoms with Gasteiger partial charge in [0.2, 0.25) is 0 Å². The van der Waals surface area contributed by atoms with Crippen LogP contribution in [0.1, 0.15) is 11.1 Å². The van der Waals surface area contributed by atoms with E-state index in [0.717, 1.165) is 44.9 Å². The number of fused-ring (bicyclic) bond motifs is 1. The minimum absolute atomic E-state index is 0.750. The van der Waals surface area contributed by atoms with Crippen molar-refractivity contribution in [2.45, 2.75) is 6.92 Å². The predicted molar refractivity (Wildman–Crippen MR) is 108 cm³/mol. The number of hydrogen-bond acceptors (Lipinski definition) is 2. The van der Waals surface area contributed by atoms with Gasteiger partial charge in [0.25, 0.3) is 0 Å². The third-order valence-electron chi connectivity index (χ3n) is 4.44. The molecule has 1 aromatic heterocycles. The lowest BCUT2D eigenvalue weighted by molar-refractivity contribution is -0.131. The molecule has 0 amide bonds. The molecule has 1 heterocycles. The van der Waals surface area contributed by atoms with Gasteiger partial charge < -0.3 is 5.11 Å². The maximum Gasteiger partial charge on any atom is 0.328 e. The third-order valence-corrected chi connectivity index (χ3v) is 4.44. The molecule has 4 heteroatoms. The van der Waals surface area contributed by atoms with Gasteiger partial charge in [0.15, 0.2) is 0 Å². The van der Waals surface area contributed by atoms with E-state index in [2.05, 4.69) is 24.3 Å². The first kappa shape index (κ1) is 16.8. The summed E-state index contributed by atoms with van der Waals surface area (Å²) in [5, 5.41) is 16.0. The first-order chi connectivity index (χ1) is 13.1. The summed E-state index contributed by atoms with van der Waals surface area (Å²) in [4.78, 5) is 11.0. The van der Waals surface area contributed by atoms with Crippen molar-refractivity contribution in [1.29, 1.82) is 0 Å². The van der Waals surface area contributed by atoms with Crippen molar-refractivity contribution in [1.82, 2.24) is 9.78 Å². The largest absolute Gasteiger partial charge is 0.478 e.